The van der Waals surface area contributed by atoms with E-state index >= 15 is 0 Å². The Bertz CT molecular complexity index is 848. The van der Waals surface area contributed by atoms with E-state index in [0.717, 1.165) is 43.7 Å². The summed E-state index contributed by atoms with van der Waals surface area (Å²) in [6.07, 6.45) is 1.84. The topological polar surface area (TPSA) is 59.6 Å². The third-order valence-electron chi connectivity index (χ3n) is 4.65. The maximum absolute atomic E-state index is 11.4. The van der Waals surface area contributed by atoms with Crippen LogP contribution in [0.4, 0.5) is 5.69 Å². The van der Waals surface area contributed by atoms with Crippen LogP contribution in [0.3, 0.4) is 0 Å². The van der Waals surface area contributed by atoms with Crippen molar-refractivity contribution >= 4 is 56.8 Å². The van der Waals surface area contributed by atoms with Gasteiger partial charge in [-0.3, -0.25) is 4.79 Å². The lowest BCUT2D eigenvalue weighted by molar-refractivity contribution is -0.114. The number of hydrogen-bond donors (Lipinski definition) is 2. The van der Waals surface area contributed by atoms with Crippen molar-refractivity contribution in [1.82, 2.24) is 5.32 Å². The number of amides is 1. The first kappa shape index (κ1) is 20.7. The van der Waals surface area contributed by atoms with Gasteiger partial charge in [0.05, 0.1) is 19.9 Å². The van der Waals surface area contributed by atoms with Gasteiger partial charge in [0, 0.05) is 20.1 Å². The van der Waals surface area contributed by atoms with Crippen LogP contribution in [0.15, 0.2) is 24.3 Å². The van der Waals surface area contributed by atoms with E-state index in [1.54, 1.807) is 14.2 Å². The zero-order valence-electron chi connectivity index (χ0n) is 15.5. The lowest BCUT2D eigenvalue weighted by atomic mass is 9.90. The van der Waals surface area contributed by atoms with Gasteiger partial charge in [0.15, 0.2) is 11.5 Å². The second kappa shape index (κ2) is 8.95. The number of halogens is 2. The smallest absolute Gasteiger partial charge is 0.221 e. The number of nitrogens with one attached hydrogen (secondary N) is 2. The average molecular weight is 592 g/mol. The number of rotatable bonds is 5. The number of anilines is 1. The van der Waals surface area contributed by atoms with E-state index in [0.29, 0.717) is 0 Å². The Morgan fingerprint density at radius 3 is 2.37 bits per heavy atom. The van der Waals surface area contributed by atoms with Crippen LogP contribution in [0.1, 0.15) is 29.7 Å². The normalized spacial score (nSPS) is 15.8. The first-order chi connectivity index (χ1) is 12.9. The third kappa shape index (κ3) is 4.68. The van der Waals surface area contributed by atoms with Gasteiger partial charge < -0.3 is 20.1 Å². The Morgan fingerprint density at radius 2 is 1.78 bits per heavy atom. The molecule has 0 aliphatic carbocycles. The Hall–Kier alpha value is -1.07. The molecule has 7 heteroatoms. The monoisotopic (exact) mass is 592 g/mol. The van der Waals surface area contributed by atoms with E-state index in [-0.39, 0.29) is 11.9 Å². The van der Waals surface area contributed by atoms with Crippen molar-refractivity contribution in [3.05, 3.63) is 48.1 Å². The standard InChI is InChI=1S/C20H22I2N2O3/c1-11(25)24-20-15(21)6-12(7-16(20)22)8-17-14-10-19(27-3)18(26-2)9-13(14)4-5-23-17/h6-7,9-10,17,23H,4-5,8H2,1-3H3,(H,24,25). The molecule has 1 aliphatic rings. The summed E-state index contributed by atoms with van der Waals surface area (Å²) in [6.45, 7) is 2.47. The molecule has 0 saturated heterocycles. The molecule has 0 spiro atoms. The molecule has 3 rings (SSSR count). The average Bonchev–Trinajstić information content (AvgIpc) is 2.63. The lowest BCUT2D eigenvalue weighted by Crippen LogP contribution is -2.31. The molecule has 0 bridgehead atoms. The highest BCUT2D eigenvalue weighted by atomic mass is 127. The third-order valence-corrected chi connectivity index (χ3v) is 6.35. The molecule has 1 aliphatic heterocycles. The molecular weight excluding hydrogens is 570 g/mol. The van der Waals surface area contributed by atoms with Crippen molar-refractivity contribution in [2.24, 2.45) is 0 Å². The number of benzene rings is 2. The highest BCUT2D eigenvalue weighted by Gasteiger charge is 2.23. The molecule has 0 fully saturated rings. The van der Waals surface area contributed by atoms with E-state index in [9.17, 15) is 4.79 Å². The minimum absolute atomic E-state index is 0.0532. The minimum atomic E-state index is -0.0532. The fourth-order valence-corrected chi connectivity index (χ4v) is 5.59. The molecule has 144 valence electrons. The minimum Gasteiger partial charge on any atom is -0.493 e. The molecule has 1 atom stereocenters. The van der Waals surface area contributed by atoms with E-state index in [4.69, 9.17) is 9.47 Å². The van der Waals surface area contributed by atoms with Crippen molar-refractivity contribution in [2.45, 2.75) is 25.8 Å². The summed E-state index contributed by atoms with van der Waals surface area (Å²) in [6, 6.07) is 8.68. The first-order valence-electron chi connectivity index (χ1n) is 8.66. The van der Waals surface area contributed by atoms with Crippen LogP contribution >= 0.6 is 45.2 Å². The molecule has 2 aromatic carbocycles. The number of fused-ring (bicyclic) bond motifs is 1. The van der Waals surface area contributed by atoms with Gasteiger partial charge in [-0.15, -0.1) is 0 Å². The van der Waals surface area contributed by atoms with Gasteiger partial charge in [0.2, 0.25) is 5.91 Å². The van der Waals surface area contributed by atoms with Gasteiger partial charge in [-0.2, -0.15) is 0 Å². The number of carbonyl (C=O) groups is 1. The molecule has 0 radical (unpaired) electrons. The van der Waals surface area contributed by atoms with Crippen molar-refractivity contribution < 1.29 is 14.3 Å². The summed E-state index contributed by atoms with van der Waals surface area (Å²) in [4.78, 5) is 11.4. The first-order valence-corrected chi connectivity index (χ1v) is 10.8. The maximum Gasteiger partial charge on any atom is 0.221 e. The summed E-state index contributed by atoms with van der Waals surface area (Å²) in [5, 5.41) is 6.54. The van der Waals surface area contributed by atoms with E-state index in [2.05, 4.69) is 80.1 Å². The zero-order chi connectivity index (χ0) is 19.6. The van der Waals surface area contributed by atoms with Crippen LogP contribution < -0.4 is 20.1 Å². The second-order valence-electron chi connectivity index (χ2n) is 6.48. The van der Waals surface area contributed by atoms with Gasteiger partial charge in [0.1, 0.15) is 0 Å². The molecule has 0 saturated carbocycles. The molecule has 27 heavy (non-hydrogen) atoms. The van der Waals surface area contributed by atoms with E-state index in [1.165, 1.54) is 23.6 Å². The van der Waals surface area contributed by atoms with Crippen molar-refractivity contribution in [3.8, 4) is 11.5 Å². The van der Waals surface area contributed by atoms with Crippen LogP contribution in [0, 0.1) is 7.14 Å². The van der Waals surface area contributed by atoms with Crippen LogP contribution in [0.5, 0.6) is 11.5 Å². The highest BCUT2D eigenvalue weighted by Crippen LogP contribution is 2.37. The lowest BCUT2D eigenvalue weighted by Gasteiger charge is -2.28. The molecule has 5 nitrogen and oxygen atoms in total. The Morgan fingerprint density at radius 1 is 1.15 bits per heavy atom. The molecule has 1 heterocycles. The van der Waals surface area contributed by atoms with Crippen LogP contribution in [0.25, 0.3) is 0 Å². The predicted octanol–water partition coefficient (Wildman–Crippen LogP) is 4.30. The van der Waals surface area contributed by atoms with Crippen molar-refractivity contribution in [2.75, 3.05) is 26.1 Å². The van der Waals surface area contributed by atoms with E-state index in [1.807, 2.05) is 0 Å². The van der Waals surface area contributed by atoms with Gasteiger partial charge in [-0.1, -0.05) is 0 Å². The molecule has 0 aromatic heterocycles. The van der Waals surface area contributed by atoms with Crippen LogP contribution in [-0.2, 0) is 17.6 Å². The van der Waals surface area contributed by atoms with Gasteiger partial charge in [0.25, 0.3) is 0 Å². The molecule has 1 amide bonds. The fourth-order valence-electron chi connectivity index (χ4n) is 3.43. The second-order valence-corrected chi connectivity index (χ2v) is 8.81. The molecular formula is C20H22I2N2O3. The van der Waals surface area contributed by atoms with E-state index < -0.39 is 0 Å². The van der Waals surface area contributed by atoms with Crippen molar-refractivity contribution in [3.63, 3.8) is 0 Å². The Kier molecular flexibility index (Phi) is 6.85. The number of ether oxygens (including phenoxy) is 2. The number of carbonyl (C=O) groups excluding carboxylic acids is 1. The number of hydrogen-bond acceptors (Lipinski definition) is 4. The largest absolute Gasteiger partial charge is 0.493 e. The SMILES string of the molecule is COc1cc2c(cc1OC)C(Cc1cc(I)c(NC(C)=O)c(I)c1)NCC2. The zero-order valence-corrected chi connectivity index (χ0v) is 19.8. The Balaban J connectivity index is 1.91. The van der Waals surface area contributed by atoms with Crippen molar-refractivity contribution in [1.29, 1.82) is 0 Å². The predicted molar refractivity (Wildman–Crippen MR) is 124 cm³/mol. The van der Waals surface area contributed by atoms with Gasteiger partial charge in [-0.25, -0.2) is 0 Å². The van der Waals surface area contributed by atoms with Crippen LogP contribution in [0.2, 0.25) is 0 Å². The quantitative estimate of drug-likeness (QED) is 0.509. The maximum atomic E-state index is 11.4. The highest BCUT2D eigenvalue weighted by molar-refractivity contribution is 14.1. The summed E-state index contributed by atoms with van der Waals surface area (Å²) < 4.78 is 13.0. The summed E-state index contributed by atoms with van der Waals surface area (Å²) >= 11 is 4.57. The summed E-state index contributed by atoms with van der Waals surface area (Å²) in [5.74, 6) is 1.48. The van der Waals surface area contributed by atoms with Gasteiger partial charge >= 0.3 is 0 Å². The molecule has 2 N–H and O–H groups in total. The Labute approximate surface area is 186 Å². The van der Waals surface area contributed by atoms with Gasteiger partial charge in [-0.05, 0) is 106 Å². The summed E-state index contributed by atoms with van der Waals surface area (Å²) in [7, 11) is 3.34. The fraction of sp³-hybridized carbons (Fsp3) is 0.350. The van der Waals surface area contributed by atoms with Crippen LogP contribution in [-0.4, -0.2) is 26.7 Å². The molecule has 2 aromatic rings. The molecule has 1 unspecified atom stereocenters. The summed E-state index contributed by atoms with van der Waals surface area (Å²) in [5.41, 5.74) is 4.68. The number of methoxy groups -OCH3 is 2.